The first kappa shape index (κ1) is 13.0. The van der Waals surface area contributed by atoms with Crippen LogP contribution in [0, 0.1) is 28.1 Å². The molecule has 1 heterocycles. The fourth-order valence-electron chi connectivity index (χ4n) is 5.89. The molecule has 5 nitrogen and oxygen atoms in total. The molecule has 0 amide bonds. The van der Waals surface area contributed by atoms with Gasteiger partial charge in [0.1, 0.15) is 5.41 Å². The van der Waals surface area contributed by atoms with Crippen molar-refractivity contribution in [2.45, 2.75) is 58.0 Å². The predicted octanol–water partition coefficient (Wildman–Crippen LogP) is 0.416. The van der Waals surface area contributed by atoms with Gasteiger partial charge in [-0.05, 0) is 41.9 Å². The minimum Gasteiger partial charge on any atom is -0.432 e. The van der Waals surface area contributed by atoms with Crippen LogP contribution in [0.3, 0.4) is 0 Å². The van der Waals surface area contributed by atoms with E-state index in [-0.39, 0.29) is 22.7 Å². The van der Waals surface area contributed by atoms with Crippen LogP contribution in [0.4, 0.5) is 0 Å². The van der Waals surface area contributed by atoms with Crippen LogP contribution >= 0.6 is 0 Å². The van der Waals surface area contributed by atoms with Crippen molar-refractivity contribution >= 4 is 5.97 Å². The Hall–Kier alpha value is -0.650. The second kappa shape index (κ2) is 3.08. The molecule has 4 rings (SSSR count). The van der Waals surface area contributed by atoms with Gasteiger partial charge in [0, 0.05) is 0 Å². The molecule has 3 saturated carbocycles. The highest BCUT2D eigenvalue weighted by atomic mass is 16.7. The van der Waals surface area contributed by atoms with Gasteiger partial charge in [-0.25, -0.2) is 0 Å². The summed E-state index contributed by atoms with van der Waals surface area (Å²) < 4.78 is 4.92. The van der Waals surface area contributed by atoms with Crippen LogP contribution in [0.15, 0.2) is 0 Å². The number of hydrogen-bond acceptors (Lipinski definition) is 5. The summed E-state index contributed by atoms with van der Waals surface area (Å²) in [4.78, 5) is 12.2. The van der Waals surface area contributed by atoms with Gasteiger partial charge < -0.3 is 20.1 Å². The van der Waals surface area contributed by atoms with Crippen molar-refractivity contribution in [2.75, 3.05) is 0 Å². The number of carbonyl (C=O) groups excluding carboxylic acids is 1. The first-order chi connectivity index (χ1) is 9.10. The summed E-state index contributed by atoms with van der Waals surface area (Å²) in [6.07, 6.45) is -0.483. The Bertz CT molecular complexity index is 516. The van der Waals surface area contributed by atoms with Gasteiger partial charge in [-0.1, -0.05) is 20.8 Å². The number of esters is 1. The van der Waals surface area contributed by atoms with Crippen molar-refractivity contribution in [1.82, 2.24) is 0 Å². The maximum Gasteiger partial charge on any atom is 0.318 e. The van der Waals surface area contributed by atoms with E-state index in [2.05, 4.69) is 13.8 Å². The first-order valence-electron chi connectivity index (χ1n) is 7.40. The van der Waals surface area contributed by atoms with Gasteiger partial charge >= 0.3 is 5.97 Å². The highest BCUT2D eigenvalue weighted by Gasteiger charge is 2.91. The molecular formula is C15H22O5. The van der Waals surface area contributed by atoms with Crippen molar-refractivity contribution in [2.24, 2.45) is 28.1 Å². The fourth-order valence-corrected chi connectivity index (χ4v) is 5.89. The summed E-state index contributed by atoms with van der Waals surface area (Å²) >= 11 is 0. The van der Waals surface area contributed by atoms with E-state index >= 15 is 0 Å². The van der Waals surface area contributed by atoms with Crippen LogP contribution < -0.4 is 0 Å². The maximum atomic E-state index is 12.2. The Kier molecular flexibility index (Phi) is 2.01. The number of hydrogen-bond donors (Lipinski definition) is 3. The molecular weight excluding hydrogens is 260 g/mol. The van der Waals surface area contributed by atoms with E-state index < -0.39 is 29.4 Å². The quantitative estimate of drug-likeness (QED) is 0.560. The number of rotatable bonds is 0. The van der Waals surface area contributed by atoms with Crippen molar-refractivity contribution in [3.8, 4) is 0 Å². The smallest absolute Gasteiger partial charge is 0.318 e. The third-order valence-corrected chi connectivity index (χ3v) is 6.86. The SMILES string of the molecule is CC1(C)CC2C(C1)[C@@]1(C)C[C@]13C(=O)OC(O)[C@]3(O)[C@@H]2O. The maximum absolute atomic E-state index is 12.2. The zero-order chi connectivity index (χ0) is 14.7. The van der Waals surface area contributed by atoms with Crippen LogP contribution in [-0.4, -0.2) is 39.3 Å². The minimum atomic E-state index is -1.85. The number of ether oxygens (including phenoxy) is 1. The molecule has 3 N–H and O–H groups in total. The van der Waals surface area contributed by atoms with Crippen molar-refractivity contribution in [1.29, 1.82) is 0 Å². The summed E-state index contributed by atoms with van der Waals surface area (Å²) in [6, 6.07) is 0. The zero-order valence-corrected chi connectivity index (χ0v) is 12.1. The van der Waals surface area contributed by atoms with Crippen LogP contribution in [0.1, 0.15) is 40.0 Å². The molecule has 0 aromatic heterocycles. The molecule has 112 valence electrons. The summed E-state index contributed by atoms with van der Waals surface area (Å²) in [5, 5.41) is 31.7. The van der Waals surface area contributed by atoms with Crippen molar-refractivity contribution in [3.05, 3.63) is 0 Å². The van der Waals surface area contributed by atoms with E-state index in [1.807, 2.05) is 6.92 Å². The van der Waals surface area contributed by atoms with Gasteiger partial charge in [-0.15, -0.1) is 0 Å². The average Bonchev–Trinajstić information content (AvgIpc) is 2.80. The Morgan fingerprint density at radius 2 is 1.85 bits per heavy atom. The molecule has 1 spiro atoms. The molecule has 0 bridgehead atoms. The second-order valence-corrected chi connectivity index (χ2v) is 8.37. The molecule has 7 atom stereocenters. The van der Waals surface area contributed by atoms with E-state index in [1.54, 1.807) is 0 Å². The fraction of sp³-hybridized carbons (Fsp3) is 0.933. The number of aliphatic hydroxyl groups is 3. The average molecular weight is 282 g/mol. The van der Waals surface area contributed by atoms with Gasteiger partial charge in [-0.3, -0.25) is 4.79 Å². The van der Waals surface area contributed by atoms with Gasteiger partial charge in [-0.2, -0.15) is 0 Å². The molecule has 5 heteroatoms. The van der Waals surface area contributed by atoms with E-state index in [4.69, 9.17) is 4.74 Å². The van der Waals surface area contributed by atoms with Crippen LogP contribution in [-0.2, 0) is 9.53 Å². The monoisotopic (exact) mass is 282 g/mol. The van der Waals surface area contributed by atoms with Crippen LogP contribution in [0.5, 0.6) is 0 Å². The summed E-state index contributed by atoms with van der Waals surface area (Å²) in [5.74, 6) is -0.428. The van der Waals surface area contributed by atoms with Gasteiger partial charge in [0.15, 0.2) is 5.60 Å². The lowest BCUT2D eigenvalue weighted by atomic mass is 9.60. The molecule has 0 aromatic carbocycles. The van der Waals surface area contributed by atoms with Gasteiger partial charge in [0.05, 0.1) is 6.10 Å². The molecule has 4 fully saturated rings. The van der Waals surface area contributed by atoms with Gasteiger partial charge in [0.2, 0.25) is 6.29 Å². The molecule has 3 aliphatic carbocycles. The predicted molar refractivity (Wildman–Crippen MR) is 68.2 cm³/mol. The lowest BCUT2D eigenvalue weighted by Crippen LogP contribution is -2.63. The normalized spacial score (nSPS) is 62.4. The number of aliphatic hydroxyl groups excluding tert-OH is 2. The van der Waals surface area contributed by atoms with E-state index in [9.17, 15) is 20.1 Å². The summed E-state index contributed by atoms with van der Waals surface area (Å²) in [6.45, 7) is 6.32. The Balaban J connectivity index is 1.87. The molecule has 0 radical (unpaired) electrons. The topological polar surface area (TPSA) is 87.0 Å². The third kappa shape index (κ3) is 1.02. The highest BCUT2D eigenvalue weighted by Crippen LogP contribution is 2.82. The number of cyclic esters (lactones) is 1. The Morgan fingerprint density at radius 3 is 2.50 bits per heavy atom. The Morgan fingerprint density at radius 1 is 1.20 bits per heavy atom. The second-order valence-electron chi connectivity index (χ2n) is 8.37. The first-order valence-corrected chi connectivity index (χ1v) is 7.40. The molecule has 3 unspecified atom stereocenters. The largest absolute Gasteiger partial charge is 0.432 e. The van der Waals surface area contributed by atoms with Crippen LogP contribution in [0.25, 0.3) is 0 Å². The van der Waals surface area contributed by atoms with Crippen molar-refractivity contribution < 1.29 is 24.9 Å². The Labute approximate surface area is 117 Å². The van der Waals surface area contributed by atoms with E-state index in [0.717, 1.165) is 12.8 Å². The van der Waals surface area contributed by atoms with E-state index in [1.165, 1.54) is 0 Å². The summed E-state index contributed by atoms with van der Waals surface area (Å²) in [5.41, 5.74) is -3.23. The third-order valence-electron chi connectivity index (χ3n) is 6.86. The number of fused-ring (bicyclic) bond motifs is 2. The molecule has 1 aliphatic heterocycles. The van der Waals surface area contributed by atoms with Crippen molar-refractivity contribution in [3.63, 3.8) is 0 Å². The lowest BCUT2D eigenvalue weighted by molar-refractivity contribution is -0.241. The zero-order valence-electron chi connectivity index (χ0n) is 12.1. The molecule has 20 heavy (non-hydrogen) atoms. The van der Waals surface area contributed by atoms with Crippen LogP contribution in [0.2, 0.25) is 0 Å². The standard InChI is InChI=1S/C15H22O5/c1-12(2)4-7-8(5-12)13(3)6-14(13)10(17)20-11(18)15(14,19)9(7)16/h7-9,11,16,18-19H,4-6H2,1-3H3/t7?,8?,9-,11?,13-,14+,15-/m1/s1. The van der Waals surface area contributed by atoms with Gasteiger partial charge in [0.25, 0.3) is 0 Å². The minimum absolute atomic E-state index is 0.0835. The number of carbonyl (C=O) groups is 1. The lowest BCUT2D eigenvalue weighted by Gasteiger charge is -2.46. The highest BCUT2D eigenvalue weighted by molar-refractivity contribution is 5.87. The summed E-state index contributed by atoms with van der Waals surface area (Å²) in [7, 11) is 0. The van der Waals surface area contributed by atoms with E-state index in [0.29, 0.717) is 6.42 Å². The molecule has 4 aliphatic rings. The molecule has 1 saturated heterocycles. The molecule has 0 aromatic rings.